The molecule has 0 spiro atoms. The number of halogens is 1. The number of hydrogen-bond donors (Lipinski definition) is 0. The van der Waals surface area contributed by atoms with Crippen molar-refractivity contribution in [2.45, 2.75) is 12.8 Å². The maximum Gasteiger partial charge on any atom is 0.255 e. The minimum Gasteiger partial charge on any atom is -0.497 e. The molecule has 0 bridgehead atoms. The van der Waals surface area contributed by atoms with Crippen molar-refractivity contribution in [3.8, 4) is 5.75 Å². The molecule has 1 aromatic heterocycles. The monoisotopic (exact) mass is 351 g/mol. The fourth-order valence-corrected chi connectivity index (χ4v) is 2.66. The molecule has 0 radical (unpaired) electrons. The van der Waals surface area contributed by atoms with E-state index in [9.17, 15) is 4.79 Å². The van der Waals surface area contributed by atoms with Crippen LogP contribution in [-0.2, 0) is 0 Å². The van der Waals surface area contributed by atoms with Crippen LogP contribution in [0.4, 0.5) is 0 Å². The third kappa shape index (κ3) is 2.65. The minimum absolute atomic E-state index is 0.0340. The number of ether oxygens (including phenoxy) is 1. The van der Waals surface area contributed by atoms with Gasteiger partial charge >= 0.3 is 0 Å². The summed E-state index contributed by atoms with van der Waals surface area (Å²) in [5.41, 5.74) is 0.592. The maximum absolute atomic E-state index is 12.5. The van der Waals surface area contributed by atoms with Gasteiger partial charge < -0.3 is 14.2 Å². The Morgan fingerprint density at radius 3 is 2.86 bits per heavy atom. The van der Waals surface area contributed by atoms with Crippen LogP contribution >= 0.6 is 15.9 Å². The molecular weight excluding hydrogens is 338 g/mol. The Hall–Kier alpha value is -1.89. The van der Waals surface area contributed by atoms with Gasteiger partial charge in [0.15, 0.2) is 5.82 Å². The van der Waals surface area contributed by atoms with Gasteiger partial charge in [-0.05, 0) is 41.1 Å². The second kappa shape index (κ2) is 5.48. The summed E-state index contributed by atoms with van der Waals surface area (Å²) >= 11 is 3.40. The lowest BCUT2D eigenvalue weighted by Gasteiger charge is -2.37. The summed E-state index contributed by atoms with van der Waals surface area (Å²) in [5.74, 6) is 1.96. The van der Waals surface area contributed by atoms with E-state index < -0.39 is 0 Å². The standard InChI is InChI=1S/C14H14BrN3O3/c1-8-16-13(21-17-8)9-6-18(7-9)14(19)11-5-10(20-2)3-4-12(11)15/h3-5,9H,6-7H2,1-2H3. The van der Waals surface area contributed by atoms with E-state index in [4.69, 9.17) is 9.26 Å². The highest BCUT2D eigenvalue weighted by molar-refractivity contribution is 9.10. The molecule has 7 heteroatoms. The van der Waals surface area contributed by atoms with E-state index in [0.717, 1.165) is 4.47 Å². The molecule has 1 aromatic carbocycles. The van der Waals surface area contributed by atoms with Crippen molar-refractivity contribution in [3.05, 3.63) is 40.0 Å². The summed E-state index contributed by atoms with van der Waals surface area (Å²) in [7, 11) is 1.58. The molecule has 2 heterocycles. The second-order valence-electron chi connectivity index (χ2n) is 4.93. The molecule has 3 rings (SSSR count). The zero-order chi connectivity index (χ0) is 15.0. The smallest absolute Gasteiger partial charge is 0.255 e. The van der Waals surface area contributed by atoms with Gasteiger partial charge in [0.2, 0.25) is 5.89 Å². The molecule has 1 saturated heterocycles. The average molecular weight is 352 g/mol. The number of aryl methyl sites for hydroxylation is 1. The first-order chi connectivity index (χ1) is 10.1. The Kier molecular flexibility index (Phi) is 3.67. The molecule has 1 fully saturated rings. The molecule has 6 nitrogen and oxygen atoms in total. The van der Waals surface area contributed by atoms with Crippen molar-refractivity contribution >= 4 is 21.8 Å². The van der Waals surface area contributed by atoms with Crippen molar-refractivity contribution in [1.29, 1.82) is 0 Å². The molecule has 0 saturated carbocycles. The van der Waals surface area contributed by atoms with Gasteiger partial charge in [0.25, 0.3) is 5.91 Å². The Labute approximate surface area is 130 Å². The molecule has 1 aliphatic rings. The Morgan fingerprint density at radius 1 is 1.48 bits per heavy atom. The van der Waals surface area contributed by atoms with E-state index in [1.165, 1.54) is 0 Å². The maximum atomic E-state index is 12.5. The third-order valence-corrected chi connectivity index (χ3v) is 4.16. The highest BCUT2D eigenvalue weighted by Crippen LogP contribution is 2.30. The highest BCUT2D eigenvalue weighted by Gasteiger charge is 2.36. The predicted octanol–water partition coefficient (Wildman–Crippen LogP) is 2.39. The van der Waals surface area contributed by atoms with E-state index in [1.807, 2.05) is 6.07 Å². The second-order valence-corrected chi connectivity index (χ2v) is 5.79. The zero-order valence-electron chi connectivity index (χ0n) is 11.7. The van der Waals surface area contributed by atoms with Crippen LogP contribution in [0.25, 0.3) is 0 Å². The van der Waals surface area contributed by atoms with Crippen LogP contribution in [0.2, 0.25) is 0 Å². The van der Waals surface area contributed by atoms with Crippen LogP contribution in [0.1, 0.15) is 28.0 Å². The topological polar surface area (TPSA) is 68.5 Å². The fraction of sp³-hybridized carbons (Fsp3) is 0.357. The van der Waals surface area contributed by atoms with Gasteiger partial charge in [0.1, 0.15) is 5.75 Å². The van der Waals surface area contributed by atoms with Crippen molar-refractivity contribution in [2.75, 3.05) is 20.2 Å². The van der Waals surface area contributed by atoms with Crippen LogP contribution < -0.4 is 4.74 Å². The van der Waals surface area contributed by atoms with Crippen LogP contribution in [0.5, 0.6) is 5.75 Å². The van der Waals surface area contributed by atoms with E-state index >= 15 is 0 Å². The van der Waals surface area contributed by atoms with E-state index in [0.29, 0.717) is 36.1 Å². The van der Waals surface area contributed by atoms with Crippen molar-refractivity contribution < 1.29 is 14.1 Å². The third-order valence-electron chi connectivity index (χ3n) is 3.47. The lowest BCUT2D eigenvalue weighted by atomic mass is 9.98. The molecule has 110 valence electrons. The van der Waals surface area contributed by atoms with Crippen LogP contribution in [0.3, 0.4) is 0 Å². The number of amides is 1. The summed E-state index contributed by atoms with van der Waals surface area (Å²) in [6.45, 7) is 2.95. The number of hydrogen-bond acceptors (Lipinski definition) is 5. The number of carbonyl (C=O) groups is 1. The highest BCUT2D eigenvalue weighted by atomic mass is 79.9. The molecule has 0 unspecified atom stereocenters. The fourth-order valence-electron chi connectivity index (χ4n) is 2.25. The van der Waals surface area contributed by atoms with E-state index in [2.05, 4.69) is 26.1 Å². The number of nitrogens with zero attached hydrogens (tertiary/aromatic N) is 3. The minimum atomic E-state index is -0.0340. The first-order valence-corrected chi connectivity index (χ1v) is 7.31. The summed E-state index contributed by atoms with van der Waals surface area (Å²) < 4.78 is 11.0. The van der Waals surface area contributed by atoms with Crippen LogP contribution in [-0.4, -0.2) is 41.1 Å². The molecule has 2 aromatic rings. The zero-order valence-corrected chi connectivity index (χ0v) is 13.3. The summed E-state index contributed by atoms with van der Waals surface area (Å²) in [6, 6.07) is 5.35. The lowest BCUT2D eigenvalue weighted by Crippen LogP contribution is -2.48. The van der Waals surface area contributed by atoms with E-state index in [-0.39, 0.29) is 11.8 Å². The largest absolute Gasteiger partial charge is 0.497 e. The molecule has 0 atom stereocenters. The summed E-state index contributed by atoms with van der Waals surface area (Å²) in [6.07, 6.45) is 0. The van der Waals surface area contributed by atoms with Gasteiger partial charge in [-0.3, -0.25) is 4.79 Å². The van der Waals surface area contributed by atoms with E-state index in [1.54, 1.807) is 31.1 Å². The Morgan fingerprint density at radius 2 is 2.24 bits per heavy atom. The molecule has 1 amide bonds. The van der Waals surface area contributed by atoms with Gasteiger partial charge in [-0.25, -0.2) is 0 Å². The Balaban J connectivity index is 1.71. The quantitative estimate of drug-likeness (QED) is 0.849. The molecule has 1 aliphatic heterocycles. The number of rotatable bonds is 3. The molecule has 0 aliphatic carbocycles. The SMILES string of the molecule is COc1ccc(Br)c(C(=O)N2CC(c3nc(C)no3)C2)c1. The van der Waals surface area contributed by atoms with Gasteiger partial charge in [-0.1, -0.05) is 5.16 Å². The van der Waals surface area contributed by atoms with Gasteiger partial charge in [-0.15, -0.1) is 0 Å². The normalized spacial score (nSPS) is 14.9. The molecule has 21 heavy (non-hydrogen) atoms. The van der Waals surface area contributed by atoms with Crippen molar-refractivity contribution in [3.63, 3.8) is 0 Å². The summed E-state index contributed by atoms with van der Waals surface area (Å²) in [5, 5.41) is 3.77. The van der Waals surface area contributed by atoms with Crippen molar-refractivity contribution in [1.82, 2.24) is 15.0 Å². The first kappa shape index (κ1) is 14.1. The van der Waals surface area contributed by atoms with Gasteiger partial charge in [-0.2, -0.15) is 4.98 Å². The first-order valence-electron chi connectivity index (χ1n) is 6.51. The number of likely N-dealkylation sites (tertiary alicyclic amines) is 1. The number of aromatic nitrogens is 2. The van der Waals surface area contributed by atoms with Crippen LogP contribution in [0, 0.1) is 6.92 Å². The predicted molar refractivity (Wildman–Crippen MR) is 78.4 cm³/mol. The van der Waals surface area contributed by atoms with Crippen LogP contribution in [0.15, 0.2) is 27.2 Å². The summed E-state index contributed by atoms with van der Waals surface area (Å²) in [4.78, 5) is 18.4. The van der Waals surface area contributed by atoms with Crippen molar-refractivity contribution in [2.24, 2.45) is 0 Å². The Bertz CT molecular complexity index is 680. The number of carbonyl (C=O) groups excluding carboxylic acids is 1. The molecular formula is C14H14BrN3O3. The molecule has 0 N–H and O–H groups in total. The lowest BCUT2D eigenvalue weighted by molar-refractivity contribution is 0.0568. The average Bonchev–Trinajstić information content (AvgIpc) is 2.84. The van der Waals surface area contributed by atoms with Gasteiger partial charge in [0, 0.05) is 17.6 Å². The number of benzene rings is 1. The van der Waals surface area contributed by atoms with Gasteiger partial charge in [0.05, 0.1) is 18.6 Å². The number of methoxy groups -OCH3 is 1.